The van der Waals surface area contributed by atoms with Crippen molar-refractivity contribution in [1.29, 1.82) is 0 Å². The van der Waals surface area contributed by atoms with Crippen molar-refractivity contribution >= 4 is 60.5 Å². The van der Waals surface area contributed by atoms with Crippen molar-refractivity contribution in [3.8, 4) is 33.4 Å². The van der Waals surface area contributed by atoms with Gasteiger partial charge in [-0.1, -0.05) is 152 Å². The Labute approximate surface area is 302 Å². The largest absolute Gasteiger partial charge is 0.456 e. The Kier molecular flexibility index (Phi) is 7.18. The summed E-state index contributed by atoms with van der Waals surface area (Å²) in [6.07, 6.45) is 0. The van der Waals surface area contributed by atoms with E-state index >= 15 is 0 Å². The van der Waals surface area contributed by atoms with Gasteiger partial charge in [-0.15, -0.1) is 0 Å². The molecule has 0 aliphatic rings. The molecule has 0 spiro atoms. The fourth-order valence-corrected chi connectivity index (χ4v) is 7.77. The molecule has 0 saturated heterocycles. The summed E-state index contributed by atoms with van der Waals surface area (Å²) >= 11 is 0. The fourth-order valence-electron chi connectivity index (χ4n) is 7.77. The molecule has 0 N–H and O–H groups in total. The van der Waals surface area contributed by atoms with Gasteiger partial charge in [-0.2, -0.15) is 0 Å². The maximum absolute atomic E-state index is 6.16. The van der Waals surface area contributed by atoms with Crippen LogP contribution in [0.15, 0.2) is 205 Å². The zero-order chi connectivity index (χ0) is 34.4. The summed E-state index contributed by atoms with van der Waals surface area (Å²) in [4.78, 5) is 2.40. The summed E-state index contributed by atoms with van der Waals surface area (Å²) in [7, 11) is 0. The van der Waals surface area contributed by atoms with Gasteiger partial charge in [0.05, 0.1) is 5.69 Å². The molecule has 0 aliphatic carbocycles. The average molecular weight is 664 g/mol. The number of anilines is 3. The molecule has 244 valence electrons. The maximum atomic E-state index is 6.16. The molecule has 0 saturated carbocycles. The van der Waals surface area contributed by atoms with E-state index in [0.29, 0.717) is 0 Å². The SMILES string of the molecule is c1ccc(-c2ccc(N(c3ccc(-c4cccc5ccccc45)cc3)c3cccc(-c4ccc5oc6ccccc6c5c4)c3)c3ccccc23)cc1. The number of rotatable bonds is 6. The molecule has 2 nitrogen and oxygen atoms in total. The normalized spacial score (nSPS) is 11.5. The summed E-state index contributed by atoms with van der Waals surface area (Å²) < 4.78 is 6.16. The van der Waals surface area contributed by atoms with E-state index in [9.17, 15) is 0 Å². The summed E-state index contributed by atoms with van der Waals surface area (Å²) in [5, 5.41) is 7.17. The quantitative estimate of drug-likeness (QED) is 0.176. The van der Waals surface area contributed by atoms with Gasteiger partial charge in [-0.05, 0) is 98.1 Å². The molecule has 1 heterocycles. The smallest absolute Gasteiger partial charge is 0.135 e. The first-order chi connectivity index (χ1) is 25.8. The van der Waals surface area contributed by atoms with E-state index in [1.165, 1.54) is 43.8 Å². The van der Waals surface area contributed by atoms with Crippen LogP contribution < -0.4 is 4.90 Å². The van der Waals surface area contributed by atoms with Crippen LogP contribution in [0.5, 0.6) is 0 Å². The molecule has 2 heteroatoms. The third-order valence-electron chi connectivity index (χ3n) is 10.3. The van der Waals surface area contributed by atoms with E-state index in [4.69, 9.17) is 4.42 Å². The number of hydrogen-bond acceptors (Lipinski definition) is 2. The lowest BCUT2D eigenvalue weighted by atomic mass is 9.95. The molecule has 0 atom stereocenters. The lowest BCUT2D eigenvalue weighted by Gasteiger charge is -2.28. The highest BCUT2D eigenvalue weighted by molar-refractivity contribution is 6.08. The van der Waals surface area contributed by atoms with Crippen molar-refractivity contribution < 1.29 is 4.42 Å². The van der Waals surface area contributed by atoms with Crippen LogP contribution in [0.2, 0.25) is 0 Å². The first-order valence-corrected chi connectivity index (χ1v) is 17.8. The molecule has 0 unspecified atom stereocenters. The Balaban J connectivity index is 1.15. The number of para-hydroxylation sites is 1. The van der Waals surface area contributed by atoms with E-state index < -0.39 is 0 Å². The monoisotopic (exact) mass is 663 g/mol. The fraction of sp³-hybridized carbons (Fsp3) is 0. The van der Waals surface area contributed by atoms with Gasteiger partial charge in [0.2, 0.25) is 0 Å². The Bertz CT molecular complexity index is 2900. The van der Waals surface area contributed by atoms with Crippen molar-refractivity contribution in [1.82, 2.24) is 0 Å². The van der Waals surface area contributed by atoms with Crippen LogP contribution in [-0.2, 0) is 0 Å². The molecule has 10 rings (SSSR count). The lowest BCUT2D eigenvalue weighted by Crippen LogP contribution is -2.10. The van der Waals surface area contributed by atoms with E-state index in [2.05, 4.69) is 193 Å². The van der Waals surface area contributed by atoms with Crippen molar-refractivity contribution in [2.45, 2.75) is 0 Å². The standard InChI is InChI=1S/C50H33NO/c1-2-12-34(13-3-1)43-29-30-48(45-20-7-6-19-44(43)45)51(39-27-24-36(25-28-39)42-22-11-15-35-14-4-5-18-41(35)42)40-17-10-16-37(32-40)38-26-31-50-47(33-38)46-21-8-9-23-49(46)52-50/h1-33H. The highest BCUT2D eigenvalue weighted by Crippen LogP contribution is 2.44. The van der Waals surface area contributed by atoms with Crippen LogP contribution in [0.1, 0.15) is 0 Å². The van der Waals surface area contributed by atoms with Crippen molar-refractivity contribution in [3.05, 3.63) is 200 Å². The van der Waals surface area contributed by atoms with Gasteiger partial charge in [0.15, 0.2) is 0 Å². The third kappa shape index (κ3) is 5.12. The van der Waals surface area contributed by atoms with Crippen molar-refractivity contribution in [2.75, 3.05) is 4.90 Å². The lowest BCUT2D eigenvalue weighted by molar-refractivity contribution is 0.669. The number of nitrogens with zero attached hydrogens (tertiary/aromatic N) is 1. The van der Waals surface area contributed by atoms with Crippen molar-refractivity contribution in [3.63, 3.8) is 0 Å². The van der Waals surface area contributed by atoms with Gasteiger partial charge < -0.3 is 9.32 Å². The molecule has 10 aromatic rings. The Morgan fingerprint density at radius 2 is 0.904 bits per heavy atom. The molecular weight excluding hydrogens is 631 g/mol. The molecule has 1 aromatic heterocycles. The topological polar surface area (TPSA) is 16.4 Å². The minimum Gasteiger partial charge on any atom is -0.456 e. The molecule has 9 aromatic carbocycles. The number of furan rings is 1. The molecule has 52 heavy (non-hydrogen) atoms. The number of benzene rings is 9. The molecule has 0 radical (unpaired) electrons. The van der Waals surface area contributed by atoms with Crippen LogP contribution in [0.25, 0.3) is 76.9 Å². The van der Waals surface area contributed by atoms with Crippen LogP contribution in [0, 0.1) is 0 Å². The number of fused-ring (bicyclic) bond motifs is 5. The second-order valence-electron chi connectivity index (χ2n) is 13.3. The highest BCUT2D eigenvalue weighted by Gasteiger charge is 2.19. The maximum Gasteiger partial charge on any atom is 0.135 e. The molecule has 0 aliphatic heterocycles. The van der Waals surface area contributed by atoms with E-state index in [-0.39, 0.29) is 0 Å². The average Bonchev–Trinajstić information content (AvgIpc) is 3.60. The molecular formula is C50H33NO. The van der Waals surface area contributed by atoms with Gasteiger partial charge >= 0.3 is 0 Å². The Hall–Kier alpha value is -6.90. The third-order valence-corrected chi connectivity index (χ3v) is 10.3. The van der Waals surface area contributed by atoms with Gasteiger partial charge in [0.25, 0.3) is 0 Å². The Morgan fingerprint density at radius 1 is 0.308 bits per heavy atom. The summed E-state index contributed by atoms with van der Waals surface area (Å²) in [6.45, 7) is 0. The Morgan fingerprint density at radius 3 is 1.77 bits per heavy atom. The van der Waals surface area contributed by atoms with Gasteiger partial charge in [0.1, 0.15) is 11.2 Å². The van der Waals surface area contributed by atoms with Gasteiger partial charge in [-0.3, -0.25) is 0 Å². The summed E-state index contributed by atoms with van der Waals surface area (Å²) in [6, 6.07) is 71.8. The van der Waals surface area contributed by atoms with Crippen LogP contribution >= 0.6 is 0 Å². The predicted octanol–water partition coefficient (Wildman–Crippen LogP) is 14.4. The second kappa shape index (κ2) is 12.5. The van der Waals surface area contributed by atoms with Crippen molar-refractivity contribution in [2.24, 2.45) is 0 Å². The summed E-state index contributed by atoms with van der Waals surface area (Å²) in [5.74, 6) is 0. The minimum absolute atomic E-state index is 0.902. The summed E-state index contributed by atoms with van der Waals surface area (Å²) in [5.41, 5.74) is 12.3. The zero-order valence-corrected chi connectivity index (χ0v) is 28.4. The molecule has 0 bridgehead atoms. The van der Waals surface area contributed by atoms with Crippen LogP contribution in [0.4, 0.5) is 17.1 Å². The highest BCUT2D eigenvalue weighted by atomic mass is 16.3. The molecule has 0 amide bonds. The van der Waals surface area contributed by atoms with Gasteiger partial charge in [-0.25, -0.2) is 0 Å². The van der Waals surface area contributed by atoms with Gasteiger partial charge in [0, 0.05) is 27.5 Å². The first-order valence-electron chi connectivity index (χ1n) is 17.8. The number of hydrogen-bond donors (Lipinski definition) is 0. The zero-order valence-electron chi connectivity index (χ0n) is 28.4. The second-order valence-corrected chi connectivity index (χ2v) is 13.3. The van der Waals surface area contributed by atoms with E-state index in [1.807, 2.05) is 12.1 Å². The van der Waals surface area contributed by atoms with E-state index in [0.717, 1.165) is 50.1 Å². The first kappa shape index (κ1) is 30.0. The predicted molar refractivity (Wildman–Crippen MR) is 220 cm³/mol. The van der Waals surface area contributed by atoms with E-state index in [1.54, 1.807) is 0 Å². The van der Waals surface area contributed by atoms with Crippen LogP contribution in [0.3, 0.4) is 0 Å². The molecule has 0 fully saturated rings. The minimum atomic E-state index is 0.902. The van der Waals surface area contributed by atoms with Crippen LogP contribution in [-0.4, -0.2) is 0 Å².